The number of hydrogen-bond acceptors (Lipinski definition) is 11. The fourth-order valence-corrected chi connectivity index (χ4v) is 6.15. The number of phenolic OH excluding ortho intramolecular Hbond substituents is 1. The highest BCUT2D eigenvalue weighted by Crippen LogP contribution is 2.33. The molecule has 274 valence electrons. The Morgan fingerprint density at radius 1 is 0.980 bits per heavy atom. The number of carbonyl (C=O) groups excluding carboxylic acids is 3. The van der Waals surface area contributed by atoms with Crippen molar-refractivity contribution in [1.82, 2.24) is 26.1 Å². The zero-order valence-corrected chi connectivity index (χ0v) is 29.3. The number of hydrazine groups is 1. The number of pyridine rings is 1. The SMILES string of the molecule is COC(=O)N[C@H](C(=O)NN(Cc1ccc(-c2ccccn2)cc1)C[C@H](O)[C@H](Cc1ccc(O)cc1)NC(=O)O[C@H]1CO[C@H]2OCC[C@H]21)C(C)(C)C. The maximum atomic E-state index is 13.8. The largest absolute Gasteiger partial charge is 0.508 e. The van der Waals surface area contributed by atoms with Crippen molar-refractivity contribution in [3.63, 3.8) is 0 Å². The molecule has 0 bridgehead atoms. The van der Waals surface area contributed by atoms with Gasteiger partial charge in [-0.2, -0.15) is 0 Å². The highest BCUT2D eigenvalue weighted by molar-refractivity contribution is 5.86. The van der Waals surface area contributed by atoms with Crippen molar-refractivity contribution in [3.05, 3.63) is 84.1 Å². The summed E-state index contributed by atoms with van der Waals surface area (Å²) in [6.45, 7) is 6.19. The Bertz CT molecular complexity index is 1600. The van der Waals surface area contributed by atoms with Crippen LogP contribution in [0.3, 0.4) is 0 Å². The predicted octanol–water partition coefficient (Wildman–Crippen LogP) is 3.52. The molecule has 0 aliphatic carbocycles. The van der Waals surface area contributed by atoms with Gasteiger partial charge in [0.25, 0.3) is 5.91 Å². The minimum Gasteiger partial charge on any atom is -0.508 e. The molecule has 1 aromatic heterocycles. The molecule has 14 nitrogen and oxygen atoms in total. The summed E-state index contributed by atoms with van der Waals surface area (Å²) in [5.41, 5.74) is 5.45. The number of ether oxygens (including phenoxy) is 4. The first-order chi connectivity index (χ1) is 24.4. The number of nitrogens with zero attached hydrogens (tertiary/aromatic N) is 2. The summed E-state index contributed by atoms with van der Waals surface area (Å²) in [6.07, 6.45) is -1.01. The topological polar surface area (TPSA) is 181 Å². The Morgan fingerprint density at radius 2 is 1.71 bits per heavy atom. The summed E-state index contributed by atoms with van der Waals surface area (Å²) in [5.74, 6) is -0.516. The monoisotopic (exact) mass is 705 g/mol. The third-order valence-corrected chi connectivity index (χ3v) is 8.94. The van der Waals surface area contributed by atoms with Crippen LogP contribution >= 0.6 is 0 Å². The Hall–Kier alpha value is -4.76. The van der Waals surface area contributed by atoms with E-state index in [4.69, 9.17) is 18.9 Å². The van der Waals surface area contributed by atoms with E-state index in [1.165, 1.54) is 19.2 Å². The van der Waals surface area contributed by atoms with Crippen molar-refractivity contribution in [1.29, 1.82) is 0 Å². The number of rotatable bonds is 13. The molecule has 2 fully saturated rings. The Labute approximate surface area is 297 Å². The van der Waals surface area contributed by atoms with Crippen molar-refractivity contribution in [2.24, 2.45) is 11.3 Å². The van der Waals surface area contributed by atoms with Crippen LogP contribution in [0.25, 0.3) is 11.3 Å². The molecular formula is C37H47N5O9. The Morgan fingerprint density at radius 3 is 2.37 bits per heavy atom. The lowest BCUT2D eigenvalue weighted by molar-refractivity contribution is -0.131. The van der Waals surface area contributed by atoms with E-state index in [0.29, 0.717) is 13.0 Å². The van der Waals surface area contributed by atoms with E-state index in [9.17, 15) is 24.6 Å². The maximum Gasteiger partial charge on any atom is 0.407 e. The zero-order chi connectivity index (χ0) is 36.5. The van der Waals surface area contributed by atoms with Crippen LogP contribution in [-0.4, -0.2) is 95.7 Å². The van der Waals surface area contributed by atoms with Gasteiger partial charge in [0.05, 0.1) is 44.1 Å². The lowest BCUT2D eigenvalue weighted by atomic mass is 9.86. The molecule has 5 N–H and O–H groups in total. The number of aliphatic hydroxyl groups is 1. The van der Waals surface area contributed by atoms with Crippen molar-refractivity contribution in [2.75, 3.05) is 26.9 Å². The first-order valence-corrected chi connectivity index (χ1v) is 17.0. The third-order valence-electron chi connectivity index (χ3n) is 8.94. The van der Waals surface area contributed by atoms with Crippen LogP contribution in [0, 0.1) is 11.3 Å². The molecule has 3 heterocycles. The van der Waals surface area contributed by atoms with E-state index in [1.54, 1.807) is 44.1 Å². The molecule has 2 saturated heterocycles. The Kier molecular flexibility index (Phi) is 12.5. The van der Waals surface area contributed by atoms with Crippen molar-refractivity contribution in [3.8, 4) is 17.0 Å². The zero-order valence-electron chi connectivity index (χ0n) is 29.3. The second kappa shape index (κ2) is 17.0. The minimum atomic E-state index is -1.23. The number of phenols is 1. The summed E-state index contributed by atoms with van der Waals surface area (Å²) in [4.78, 5) is 43.6. The fraction of sp³-hybridized carbons (Fsp3) is 0.459. The average molecular weight is 706 g/mol. The Balaban J connectivity index is 1.36. The van der Waals surface area contributed by atoms with E-state index < -0.39 is 54.1 Å². The van der Waals surface area contributed by atoms with Crippen LogP contribution in [0.5, 0.6) is 5.75 Å². The third kappa shape index (κ3) is 10.4. The standard InChI is InChI=1S/C37H47N5O9/c1-37(2,3)32(40-35(46)48-4)33(45)41-42(20-24-8-12-25(13-9-24)28-7-5-6-17-38-28)21-30(44)29(19-23-10-14-26(43)15-11-23)39-36(47)51-31-22-50-34-27(31)16-18-49-34/h5-15,17,27,29-32,34,43-44H,16,18-22H2,1-4H3,(H,39,47)(H,40,46)(H,41,45)/t27-,29-,30-,31-,32+,34+/m0/s1. The number of methoxy groups -OCH3 is 1. The van der Waals surface area contributed by atoms with Gasteiger partial charge in [-0.05, 0) is 53.6 Å². The van der Waals surface area contributed by atoms with Gasteiger partial charge in [0.1, 0.15) is 17.9 Å². The second-order valence-corrected chi connectivity index (χ2v) is 13.9. The first kappa shape index (κ1) is 37.5. The molecule has 2 aromatic carbocycles. The smallest absolute Gasteiger partial charge is 0.407 e. The molecule has 0 unspecified atom stereocenters. The number of nitrogens with one attached hydrogen (secondary N) is 3. The van der Waals surface area contributed by atoms with Gasteiger partial charge in [0, 0.05) is 24.8 Å². The minimum absolute atomic E-state index is 0.0691. The molecular weight excluding hydrogens is 658 g/mol. The molecule has 51 heavy (non-hydrogen) atoms. The van der Waals surface area contributed by atoms with E-state index in [2.05, 4.69) is 21.0 Å². The molecule has 0 spiro atoms. The summed E-state index contributed by atoms with van der Waals surface area (Å²) >= 11 is 0. The van der Waals surface area contributed by atoms with Crippen LogP contribution in [0.4, 0.5) is 9.59 Å². The number of alkyl carbamates (subject to hydrolysis) is 2. The second-order valence-electron chi connectivity index (χ2n) is 13.9. The molecule has 5 rings (SSSR count). The fourth-order valence-electron chi connectivity index (χ4n) is 6.15. The van der Waals surface area contributed by atoms with Crippen molar-refractivity contribution >= 4 is 18.1 Å². The van der Waals surface area contributed by atoms with Crippen LogP contribution < -0.4 is 16.1 Å². The van der Waals surface area contributed by atoms with E-state index >= 15 is 0 Å². The quantitative estimate of drug-likeness (QED) is 0.164. The van der Waals surface area contributed by atoms with Crippen LogP contribution in [0.1, 0.15) is 38.3 Å². The van der Waals surface area contributed by atoms with Gasteiger partial charge in [0.2, 0.25) is 0 Å². The molecule has 3 amide bonds. The number of hydrogen-bond donors (Lipinski definition) is 5. The number of benzene rings is 2. The van der Waals surface area contributed by atoms with Gasteiger partial charge in [-0.1, -0.05) is 63.2 Å². The number of aromatic nitrogens is 1. The molecule has 3 aromatic rings. The van der Waals surface area contributed by atoms with Gasteiger partial charge < -0.3 is 39.8 Å². The number of fused-ring (bicyclic) bond motifs is 1. The predicted molar refractivity (Wildman–Crippen MR) is 186 cm³/mol. The summed E-state index contributed by atoms with van der Waals surface area (Å²) < 4.78 is 21.7. The lowest BCUT2D eigenvalue weighted by Gasteiger charge is -2.34. The molecule has 6 atom stereocenters. The van der Waals surface area contributed by atoms with E-state index in [0.717, 1.165) is 22.4 Å². The van der Waals surface area contributed by atoms with Gasteiger partial charge in [0.15, 0.2) is 6.29 Å². The number of aromatic hydroxyl groups is 1. The van der Waals surface area contributed by atoms with E-state index in [1.807, 2.05) is 42.5 Å². The molecule has 2 aliphatic rings. The molecule has 14 heteroatoms. The molecule has 0 radical (unpaired) electrons. The van der Waals surface area contributed by atoms with E-state index in [-0.39, 0.29) is 37.8 Å². The van der Waals surface area contributed by atoms with Crippen LogP contribution in [0.2, 0.25) is 0 Å². The maximum absolute atomic E-state index is 13.8. The summed E-state index contributed by atoms with van der Waals surface area (Å²) in [5, 5.41) is 28.6. The van der Waals surface area contributed by atoms with Crippen molar-refractivity contribution in [2.45, 2.75) is 70.7 Å². The molecule has 0 saturated carbocycles. The highest BCUT2D eigenvalue weighted by Gasteiger charge is 2.44. The van der Waals surface area contributed by atoms with Gasteiger partial charge in [-0.25, -0.2) is 14.6 Å². The van der Waals surface area contributed by atoms with Crippen LogP contribution in [-0.2, 0) is 36.7 Å². The van der Waals surface area contributed by atoms with Crippen LogP contribution in [0.15, 0.2) is 72.9 Å². The molecule has 2 aliphatic heterocycles. The number of amides is 3. The van der Waals surface area contributed by atoms with Gasteiger partial charge >= 0.3 is 12.2 Å². The van der Waals surface area contributed by atoms with Crippen molar-refractivity contribution < 1.29 is 43.5 Å². The normalized spacial score (nSPS) is 20.2. The highest BCUT2D eigenvalue weighted by atomic mass is 16.7. The lowest BCUT2D eigenvalue weighted by Crippen LogP contribution is -2.59. The number of carbonyl (C=O) groups is 3. The summed E-state index contributed by atoms with van der Waals surface area (Å²) in [6, 6.07) is 17.9. The average Bonchev–Trinajstić information content (AvgIpc) is 3.73. The number of aliphatic hydroxyl groups excluding tert-OH is 1. The van der Waals surface area contributed by atoms with Gasteiger partial charge in [-0.3, -0.25) is 15.2 Å². The first-order valence-electron chi connectivity index (χ1n) is 17.0. The van der Waals surface area contributed by atoms with Gasteiger partial charge in [-0.15, -0.1) is 0 Å². The summed E-state index contributed by atoms with van der Waals surface area (Å²) in [7, 11) is 1.22.